The lowest BCUT2D eigenvalue weighted by molar-refractivity contribution is -0.129. The van der Waals surface area contributed by atoms with Crippen LogP contribution in [0, 0.1) is 0 Å². The molecule has 0 saturated carbocycles. The predicted octanol–water partition coefficient (Wildman–Crippen LogP) is 4.95. The number of rotatable bonds is 2. The van der Waals surface area contributed by atoms with Gasteiger partial charge in [-0.3, -0.25) is 0 Å². The van der Waals surface area contributed by atoms with Crippen molar-refractivity contribution in [3.63, 3.8) is 0 Å². The van der Waals surface area contributed by atoms with Gasteiger partial charge in [0.1, 0.15) is 0 Å². The minimum Gasteiger partial charge on any atom is -0.402 e. The highest BCUT2D eigenvalue weighted by Gasteiger charge is 2.25. The van der Waals surface area contributed by atoms with Crippen molar-refractivity contribution in [2.75, 3.05) is 0 Å². The highest BCUT2D eigenvalue weighted by Crippen LogP contribution is 2.26. The molecule has 1 heterocycles. The van der Waals surface area contributed by atoms with E-state index in [9.17, 15) is 4.79 Å². The normalized spacial score (nSPS) is 15.6. The molecule has 0 aliphatic carbocycles. The Balaban J connectivity index is 1.80. The molecular weight excluding hydrogens is 366 g/mol. The van der Waals surface area contributed by atoms with Crippen LogP contribution in [-0.2, 0) is 9.53 Å². The van der Waals surface area contributed by atoms with Crippen molar-refractivity contribution in [3.05, 3.63) is 88.0 Å². The van der Waals surface area contributed by atoms with E-state index >= 15 is 0 Å². The first-order chi connectivity index (χ1) is 11.7. The van der Waals surface area contributed by atoms with E-state index in [2.05, 4.69) is 20.9 Å². The third kappa shape index (κ3) is 2.65. The van der Waals surface area contributed by atoms with Crippen molar-refractivity contribution in [3.8, 4) is 0 Å². The highest BCUT2D eigenvalue weighted by atomic mass is 79.9. The standard InChI is InChI=1S/C20H12BrNO2/c21-17-11-4-3-10-16(17)19-22-18(20(23)24-19)12-14-8-5-7-13-6-1-2-9-15(13)14/h1-12H. The van der Waals surface area contributed by atoms with E-state index in [0.717, 1.165) is 26.4 Å². The van der Waals surface area contributed by atoms with Crippen LogP contribution in [0.3, 0.4) is 0 Å². The van der Waals surface area contributed by atoms with Crippen molar-refractivity contribution < 1.29 is 9.53 Å². The van der Waals surface area contributed by atoms with Gasteiger partial charge >= 0.3 is 5.97 Å². The maximum absolute atomic E-state index is 12.2. The fourth-order valence-electron chi connectivity index (χ4n) is 2.68. The molecule has 116 valence electrons. The van der Waals surface area contributed by atoms with E-state index < -0.39 is 5.97 Å². The first kappa shape index (κ1) is 14.8. The molecule has 3 aromatic carbocycles. The number of hydrogen-bond donors (Lipinski definition) is 0. The van der Waals surface area contributed by atoms with Crippen molar-refractivity contribution in [2.45, 2.75) is 0 Å². The highest BCUT2D eigenvalue weighted by molar-refractivity contribution is 9.10. The predicted molar refractivity (Wildman–Crippen MR) is 98.7 cm³/mol. The minimum absolute atomic E-state index is 0.303. The van der Waals surface area contributed by atoms with Gasteiger partial charge in [-0.2, -0.15) is 0 Å². The molecule has 0 N–H and O–H groups in total. The van der Waals surface area contributed by atoms with E-state index in [4.69, 9.17) is 4.74 Å². The summed E-state index contributed by atoms with van der Waals surface area (Å²) in [5.74, 6) is -0.118. The first-order valence-electron chi connectivity index (χ1n) is 7.47. The fourth-order valence-corrected chi connectivity index (χ4v) is 3.14. The van der Waals surface area contributed by atoms with Gasteiger partial charge < -0.3 is 4.74 Å². The summed E-state index contributed by atoms with van der Waals surface area (Å²) in [6.07, 6.45) is 1.77. The van der Waals surface area contributed by atoms with E-state index in [1.807, 2.05) is 66.7 Å². The smallest absolute Gasteiger partial charge is 0.363 e. The Morgan fingerprint density at radius 1 is 0.917 bits per heavy atom. The number of aliphatic imine (C=N–C) groups is 1. The molecule has 1 aliphatic heterocycles. The van der Waals surface area contributed by atoms with E-state index in [1.165, 1.54) is 0 Å². The summed E-state index contributed by atoms with van der Waals surface area (Å²) in [6, 6.07) is 21.5. The molecule has 4 rings (SSSR count). The fraction of sp³-hybridized carbons (Fsp3) is 0. The Bertz CT molecular complexity index is 1020. The summed E-state index contributed by atoms with van der Waals surface area (Å²) < 4.78 is 6.17. The Morgan fingerprint density at radius 2 is 1.67 bits per heavy atom. The van der Waals surface area contributed by atoms with Crippen LogP contribution in [0.2, 0.25) is 0 Å². The molecule has 0 radical (unpaired) electrons. The summed E-state index contributed by atoms with van der Waals surface area (Å²) >= 11 is 3.45. The van der Waals surface area contributed by atoms with E-state index in [0.29, 0.717) is 11.6 Å². The molecule has 0 unspecified atom stereocenters. The molecule has 3 nitrogen and oxygen atoms in total. The average molecular weight is 378 g/mol. The van der Waals surface area contributed by atoms with Crippen LogP contribution in [0.25, 0.3) is 16.8 Å². The van der Waals surface area contributed by atoms with Gasteiger partial charge in [0.2, 0.25) is 5.90 Å². The second kappa shape index (κ2) is 6.06. The number of carbonyl (C=O) groups is 1. The lowest BCUT2D eigenvalue weighted by atomic mass is 10.0. The Kier molecular flexibility index (Phi) is 3.75. The van der Waals surface area contributed by atoms with Crippen molar-refractivity contribution in [2.24, 2.45) is 4.99 Å². The Morgan fingerprint density at radius 3 is 2.54 bits per heavy atom. The summed E-state index contributed by atoms with van der Waals surface area (Å²) in [5.41, 5.74) is 2.00. The van der Waals surface area contributed by atoms with Gasteiger partial charge in [-0.05, 0) is 50.5 Å². The molecule has 0 aromatic heterocycles. The maximum atomic E-state index is 12.2. The van der Waals surface area contributed by atoms with Crippen LogP contribution in [0.4, 0.5) is 0 Å². The zero-order valence-electron chi connectivity index (χ0n) is 12.6. The van der Waals surface area contributed by atoms with E-state index in [1.54, 1.807) is 6.08 Å². The van der Waals surface area contributed by atoms with Crippen LogP contribution in [0.1, 0.15) is 11.1 Å². The number of hydrogen-bond acceptors (Lipinski definition) is 3. The van der Waals surface area contributed by atoms with Crippen LogP contribution < -0.4 is 0 Å². The number of nitrogens with zero attached hydrogens (tertiary/aromatic N) is 1. The molecule has 0 fully saturated rings. The lowest BCUT2D eigenvalue weighted by Gasteiger charge is -2.01. The lowest BCUT2D eigenvalue weighted by Crippen LogP contribution is -2.05. The second-order valence-electron chi connectivity index (χ2n) is 5.38. The minimum atomic E-state index is -0.436. The third-order valence-corrected chi connectivity index (χ3v) is 4.53. The van der Waals surface area contributed by atoms with Crippen molar-refractivity contribution in [1.82, 2.24) is 0 Å². The van der Waals surface area contributed by atoms with Gasteiger partial charge in [0, 0.05) is 4.47 Å². The second-order valence-corrected chi connectivity index (χ2v) is 6.24. The molecule has 3 aromatic rings. The molecule has 0 amide bonds. The van der Waals surface area contributed by atoms with Gasteiger partial charge in [-0.15, -0.1) is 0 Å². The van der Waals surface area contributed by atoms with Crippen LogP contribution >= 0.6 is 15.9 Å². The van der Waals surface area contributed by atoms with E-state index in [-0.39, 0.29) is 0 Å². The molecule has 0 saturated heterocycles. The zero-order chi connectivity index (χ0) is 16.5. The van der Waals surface area contributed by atoms with Gasteiger partial charge in [0.25, 0.3) is 0 Å². The van der Waals surface area contributed by atoms with Crippen LogP contribution in [0.5, 0.6) is 0 Å². The maximum Gasteiger partial charge on any atom is 0.363 e. The van der Waals surface area contributed by atoms with Crippen molar-refractivity contribution >= 4 is 44.6 Å². The molecule has 24 heavy (non-hydrogen) atoms. The Hall–Kier alpha value is -2.72. The summed E-state index contributed by atoms with van der Waals surface area (Å²) in [5, 5.41) is 2.19. The number of halogens is 1. The van der Waals surface area contributed by atoms with Gasteiger partial charge in [0.15, 0.2) is 5.70 Å². The quantitative estimate of drug-likeness (QED) is 0.468. The molecule has 0 bridgehead atoms. The zero-order valence-corrected chi connectivity index (χ0v) is 14.2. The largest absolute Gasteiger partial charge is 0.402 e. The number of ether oxygens (including phenoxy) is 1. The monoisotopic (exact) mass is 377 g/mol. The molecule has 1 aliphatic rings. The summed E-state index contributed by atoms with van der Waals surface area (Å²) in [7, 11) is 0. The number of fused-ring (bicyclic) bond motifs is 1. The third-order valence-electron chi connectivity index (χ3n) is 3.84. The van der Waals surface area contributed by atoms with Gasteiger partial charge in [-0.1, -0.05) is 54.6 Å². The van der Waals surface area contributed by atoms with Crippen molar-refractivity contribution in [1.29, 1.82) is 0 Å². The summed E-state index contributed by atoms with van der Waals surface area (Å²) in [6.45, 7) is 0. The molecule has 0 atom stereocenters. The number of esters is 1. The molecular formula is C20H12BrNO2. The van der Waals surface area contributed by atoms with Crippen LogP contribution in [-0.4, -0.2) is 11.9 Å². The number of benzene rings is 3. The Labute approximate surface area is 147 Å². The molecule has 4 heteroatoms. The SMILES string of the molecule is O=C1OC(c2ccccc2Br)=NC1=Cc1cccc2ccccc12. The topological polar surface area (TPSA) is 38.7 Å². The first-order valence-corrected chi connectivity index (χ1v) is 8.27. The number of carbonyl (C=O) groups excluding carboxylic acids is 1. The van der Waals surface area contributed by atoms with Crippen LogP contribution in [0.15, 0.2) is 81.9 Å². The van der Waals surface area contributed by atoms with Gasteiger partial charge in [0.05, 0.1) is 5.56 Å². The van der Waals surface area contributed by atoms with Gasteiger partial charge in [-0.25, -0.2) is 9.79 Å². The molecule has 0 spiro atoms. The summed E-state index contributed by atoms with van der Waals surface area (Å²) in [4.78, 5) is 16.6. The number of cyclic esters (lactones) is 1. The average Bonchev–Trinajstić information content (AvgIpc) is 2.96.